The van der Waals surface area contributed by atoms with E-state index in [0.29, 0.717) is 16.7 Å². The Kier molecular flexibility index (Phi) is 10.2. The second kappa shape index (κ2) is 12.2. The Balaban J connectivity index is 0.000000765. The highest BCUT2D eigenvalue weighted by atomic mass is 35.5. The maximum absolute atomic E-state index is 8.36. The Hall–Kier alpha value is -2.25. The second-order valence-corrected chi connectivity index (χ2v) is 6.12. The van der Waals surface area contributed by atoms with Crippen LogP contribution in [0.3, 0.4) is 0 Å². The summed E-state index contributed by atoms with van der Waals surface area (Å²) >= 11 is 12.3. The number of halogens is 2. The molecule has 0 unspecified atom stereocenters. The van der Waals surface area contributed by atoms with E-state index in [1.54, 1.807) is 18.6 Å². The second-order valence-electron chi connectivity index (χ2n) is 5.27. The van der Waals surface area contributed by atoms with E-state index in [2.05, 4.69) is 11.9 Å². The molecule has 0 fully saturated rings. The first-order valence-electron chi connectivity index (χ1n) is 8.04. The summed E-state index contributed by atoms with van der Waals surface area (Å²) in [6.45, 7) is 2.86. The fourth-order valence-corrected chi connectivity index (χ4v) is 2.57. The highest BCUT2D eigenvalue weighted by molar-refractivity contribution is 6.35. The fraction of sp³-hybridized carbons (Fsp3) is 0.353. The molecule has 0 aliphatic carbocycles. The molecule has 26 heavy (non-hydrogen) atoms. The minimum Gasteiger partial charge on any atom is -0.491 e. The standard InChI is InChI=1S/C17H20Cl2N2O.HNO3/c1-2-3-4-5-10-22-17(12-21-9-8-20-13-21)15-7-6-14(18)11-16(15)19;2-1(3)4/h6-9,11-13H,2-5,10H2,1H3;(H,2,3,4)/b17-12+;. The molecule has 1 aromatic carbocycles. The van der Waals surface area contributed by atoms with Crippen molar-refractivity contribution >= 4 is 35.2 Å². The fourth-order valence-electron chi connectivity index (χ4n) is 2.07. The predicted molar refractivity (Wildman–Crippen MR) is 102 cm³/mol. The van der Waals surface area contributed by atoms with Crippen LogP contribution in [0.5, 0.6) is 0 Å². The molecule has 2 aromatic rings. The minimum absolute atomic E-state index is 0.576. The van der Waals surface area contributed by atoms with E-state index < -0.39 is 5.09 Å². The molecule has 9 heteroatoms. The third-order valence-corrected chi connectivity index (χ3v) is 3.79. The number of nitrogens with zero attached hydrogens (tertiary/aromatic N) is 3. The van der Waals surface area contributed by atoms with Gasteiger partial charge in [0.25, 0.3) is 5.09 Å². The summed E-state index contributed by atoms with van der Waals surface area (Å²) in [4.78, 5) is 12.4. The largest absolute Gasteiger partial charge is 0.491 e. The van der Waals surface area contributed by atoms with E-state index in [-0.39, 0.29) is 0 Å². The van der Waals surface area contributed by atoms with Gasteiger partial charge in [0, 0.05) is 23.0 Å². The molecule has 7 nitrogen and oxygen atoms in total. The van der Waals surface area contributed by atoms with Crippen LogP contribution < -0.4 is 0 Å². The van der Waals surface area contributed by atoms with Gasteiger partial charge in [-0.2, -0.15) is 0 Å². The zero-order chi connectivity index (χ0) is 19.4. The molecule has 0 atom stereocenters. The van der Waals surface area contributed by atoms with E-state index >= 15 is 0 Å². The SMILES string of the molecule is CCCCCCO/C(=C/n1ccnc1)c1ccc(Cl)cc1Cl.O=[N+]([O-])O. The van der Waals surface area contributed by atoms with Crippen LogP contribution in [-0.2, 0) is 4.74 Å². The van der Waals surface area contributed by atoms with Gasteiger partial charge in [0.2, 0.25) is 0 Å². The first kappa shape index (κ1) is 21.8. The van der Waals surface area contributed by atoms with Crippen LogP contribution in [0.1, 0.15) is 38.2 Å². The van der Waals surface area contributed by atoms with Crippen molar-refractivity contribution < 1.29 is 15.0 Å². The average Bonchev–Trinajstić information content (AvgIpc) is 3.06. The lowest BCUT2D eigenvalue weighted by Gasteiger charge is -2.13. The third-order valence-electron chi connectivity index (χ3n) is 3.24. The normalized spacial score (nSPS) is 10.8. The van der Waals surface area contributed by atoms with Crippen molar-refractivity contribution in [2.45, 2.75) is 32.6 Å². The summed E-state index contributed by atoms with van der Waals surface area (Å²) in [5.74, 6) is 0.719. The summed E-state index contributed by atoms with van der Waals surface area (Å²) < 4.78 is 7.79. The Bertz CT molecular complexity index is 702. The summed E-state index contributed by atoms with van der Waals surface area (Å²) in [6, 6.07) is 5.41. The van der Waals surface area contributed by atoms with Gasteiger partial charge in [-0.1, -0.05) is 49.4 Å². The lowest BCUT2D eigenvalue weighted by Crippen LogP contribution is -1.98. The van der Waals surface area contributed by atoms with Crippen molar-refractivity contribution in [1.82, 2.24) is 9.55 Å². The number of benzene rings is 1. The molecular formula is C17H21Cl2N3O4. The molecule has 1 aromatic heterocycles. The zero-order valence-corrected chi connectivity index (χ0v) is 15.9. The van der Waals surface area contributed by atoms with E-state index in [1.165, 1.54) is 19.3 Å². The monoisotopic (exact) mass is 401 g/mol. The summed E-state index contributed by atoms with van der Waals surface area (Å²) in [5, 5.41) is 14.8. The Morgan fingerprint density at radius 3 is 2.69 bits per heavy atom. The van der Waals surface area contributed by atoms with Gasteiger partial charge in [0.05, 0.1) is 24.2 Å². The molecule has 142 valence electrons. The molecule has 0 saturated heterocycles. The van der Waals surface area contributed by atoms with Crippen LogP contribution >= 0.6 is 23.2 Å². The maximum atomic E-state index is 8.36. The number of rotatable bonds is 8. The van der Waals surface area contributed by atoms with Crippen LogP contribution in [0.15, 0.2) is 36.9 Å². The number of unbranched alkanes of at least 4 members (excludes halogenated alkanes) is 3. The Labute approximate surface area is 161 Å². The van der Waals surface area contributed by atoms with Gasteiger partial charge >= 0.3 is 0 Å². The van der Waals surface area contributed by atoms with Crippen molar-refractivity contribution in [3.05, 3.63) is 62.6 Å². The summed E-state index contributed by atoms with van der Waals surface area (Å²) in [7, 11) is 0. The van der Waals surface area contributed by atoms with Crippen molar-refractivity contribution in [1.29, 1.82) is 0 Å². The van der Waals surface area contributed by atoms with Crippen LogP contribution in [0.4, 0.5) is 0 Å². The topological polar surface area (TPSA) is 90.4 Å². The number of aromatic nitrogens is 2. The highest BCUT2D eigenvalue weighted by Crippen LogP contribution is 2.28. The average molecular weight is 402 g/mol. The van der Waals surface area contributed by atoms with Gasteiger partial charge in [-0.15, -0.1) is 10.1 Å². The van der Waals surface area contributed by atoms with Crippen LogP contribution in [0.2, 0.25) is 10.0 Å². The Morgan fingerprint density at radius 2 is 2.12 bits per heavy atom. The van der Waals surface area contributed by atoms with E-state index in [9.17, 15) is 0 Å². The van der Waals surface area contributed by atoms with Gasteiger partial charge in [0.15, 0.2) is 0 Å². The van der Waals surface area contributed by atoms with Crippen LogP contribution in [0.25, 0.3) is 12.0 Å². The first-order chi connectivity index (χ1) is 12.4. The molecule has 0 saturated carbocycles. The zero-order valence-electron chi connectivity index (χ0n) is 14.3. The molecule has 2 rings (SSSR count). The lowest BCUT2D eigenvalue weighted by molar-refractivity contribution is -0.742. The molecule has 0 radical (unpaired) electrons. The smallest absolute Gasteiger partial charge is 0.291 e. The van der Waals surface area contributed by atoms with E-state index in [1.807, 2.05) is 29.1 Å². The lowest BCUT2D eigenvalue weighted by atomic mass is 10.2. The number of hydrogen-bond donors (Lipinski definition) is 1. The van der Waals surface area contributed by atoms with E-state index in [0.717, 1.165) is 17.7 Å². The van der Waals surface area contributed by atoms with Gasteiger partial charge in [-0.3, -0.25) is 0 Å². The molecule has 0 spiro atoms. The van der Waals surface area contributed by atoms with Gasteiger partial charge in [0.1, 0.15) is 5.76 Å². The van der Waals surface area contributed by atoms with Crippen molar-refractivity contribution in [3.8, 4) is 0 Å². The molecule has 0 amide bonds. The summed E-state index contributed by atoms with van der Waals surface area (Å²) in [6.07, 6.45) is 11.8. The van der Waals surface area contributed by atoms with Crippen molar-refractivity contribution in [2.75, 3.05) is 6.61 Å². The third kappa shape index (κ3) is 8.73. The van der Waals surface area contributed by atoms with Crippen LogP contribution in [-0.4, -0.2) is 26.5 Å². The van der Waals surface area contributed by atoms with Gasteiger partial charge < -0.3 is 14.5 Å². The molecule has 0 aliphatic heterocycles. The van der Waals surface area contributed by atoms with Gasteiger partial charge in [-0.25, -0.2) is 4.98 Å². The van der Waals surface area contributed by atoms with Crippen molar-refractivity contribution in [3.63, 3.8) is 0 Å². The molecule has 1 N–H and O–H groups in total. The number of imidazole rings is 1. The predicted octanol–water partition coefficient (Wildman–Crippen LogP) is 5.39. The van der Waals surface area contributed by atoms with E-state index in [4.69, 9.17) is 43.3 Å². The molecule has 0 bridgehead atoms. The summed E-state index contributed by atoms with van der Waals surface area (Å²) in [5.41, 5.74) is 0.829. The highest BCUT2D eigenvalue weighted by Gasteiger charge is 2.09. The Morgan fingerprint density at radius 1 is 1.38 bits per heavy atom. The first-order valence-corrected chi connectivity index (χ1v) is 8.80. The quantitative estimate of drug-likeness (QED) is 0.277. The van der Waals surface area contributed by atoms with Crippen LogP contribution in [0, 0.1) is 10.1 Å². The van der Waals surface area contributed by atoms with Gasteiger partial charge in [-0.05, 0) is 24.6 Å². The maximum Gasteiger partial charge on any atom is 0.291 e. The molecular weight excluding hydrogens is 381 g/mol. The minimum atomic E-state index is -1.50. The number of hydrogen-bond acceptors (Lipinski definition) is 4. The molecule has 1 heterocycles. The van der Waals surface area contributed by atoms with Crippen molar-refractivity contribution in [2.24, 2.45) is 0 Å². The molecule has 0 aliphatic rings. The number of ether oxygens (including phenoxy) is 1.